The predicted octanol–water partition coefficient (Wildman–Crippen LogP) is 15.3. The molecule has 0 N–H and O–H groups in total. The maximum absolute atomic E-state index is 7.12. The molecule has 336 valence electrons. The van der Waals surface area contributed by atoms with E-state index < -0.39 is 0 Å². The van der Waals surface area contributed by atoms with Crippen LogP contribution < -0.4 is 20.6 Å². The fraction of sp³-hybridized carbons (Fsp3) is 0.355. The van der Waals surface area contributed by atoms with E-state index in [0.717, 1.165) is 37.2 Å². The summed E-state index contributed by atoms with van der Waals surface area (Å²) in [5.74, 6) is 3.81. The molecule has 3 nitrogen and oxygen atoms in total. The highest BCUT2D eigenvalue weighted by molar-refractivity contribution is 7.26. The highest BCUT2D eigenvalue weighted by Gasteiger charge is 2.51. The highest BCUT2D eigenvalue weighted by Crippen LogP contribution is 2.54. The van der Waals surface area contributed by atoms with Gasteiger partial charge in [0.15, 0.2) is 0 Å². The SMILES string of the molecule is CC1=CCCCC1C(CC1=CC=CCC1C)c1ccc2c(c1)N(C1=C3Oc4ccccc4C3CC=C1)C1CC(C(C)(C)C)=CC3=C1B2c1cc(C(C)(C)C)cc2c4c5ccccc5sc4n3c12. The van der Waals surface area contributed by atoms with Gasteiger partial charge < -0.3 is 14.2 Å². The molecule has 13 rings (SSSR count). The van der Waals surface area contributed by atoms with Crippen LogP contribution in [0.5, 0.6) is 5.75 Å². The zero-order valence-corrected chi connectivity index (χ0v) is 41.5. The monoisotopic (exact) mass is 894 g/mol. The lowest BCUT2D eigenvalue weighted by Gasteiger charge is -2.50. The Balaban J connectivity index is 1.13. The van der Waals surface area contributed by atoms with Gasteiger partial charge in [-0.3, -0.25) is 0 Å². The van der Waals surface area contributed by atoms with E-state index in [1.54, 1.807) is 11.1 Å². The maximum Gasteiger partial charge on any atom is 0.247 e. The molecule has 0 amide bonds. The Labute approximate surface area is 402 Å². The van der Waals surface area contributed by atoms with E-state index in [-0.39, 0.29) is 29.5 Å². The van der Waals surface area contributed by atoms with Crippen LogP contribution >= 0.6 is 11.3 Å². The molecule has 5 unspecified atom stereocenters. The van der Waals surface area contributed by atoms with Crippen LogP contribution in [0.4, 0.5) is 5.69 Å². The number of allylic oxidation sites excluding steroid dienone is 11. The predicted molar refractivity (Wildman–Crippen MR) is 287 cm³/mol. The number of thiophene rings is 1. The van der Waals surface area contributed by atoms with Crippen LogP contribution in [-0.4, -0.2) is 17.3 Å². The summed E-state index contributed by atoms with van der Waals surface area (Å²) in [5.41, 5.74) is 18.7. The molecule has 0 saturated heterocycles. The number of hydrogen-bond donors (Lipinski definition) is 0. The van der Waals surface area contributed by atoms with Gasteiger partial charge in [-0.15, -0.1) is 11.3 Å². The van der Waals surface area contributed by atoms with Gasteiger partial charge >= 0.3 is 0 Å². The number of anilines is 1. The van der Waals surface area contributed by atoms with E-state index >= 15 is 0 Å². The first-order valence-corrected chi connectivity index (χ1v) is 26.2. The molecule has 0 saturated carbocycles. The first-order chi connectivity index (χ1) is 32.3. The standard InChI is InChI=1S/C62H63BN2OS/c1-36-18-9-11-20-38(36)30-46(42-21-12-10-19-37(42)2)39-28-29-48-51(31-39)64(50-25-17-24-44-43-22-13-15-26-54(43)66-59(44)50)52-34-41(62(6,7)8)35-53-57(52)63(48)49-33-40(61(3,4)5)32-47-56-45-23-14-16-27-55(45)67-60(56)65(53)58(47)49/h9,11,13-17,19-20,22-23,25-29,31-33,35-36,42,44,46,52H,10,12,18,21,24,30,34H2,1-8H3. The zero-order chi connectivity index (χ0) is 45.7. The highest BCUT2D eigenvalue weighted by atomic mass is 32.1. The second kappa shape index (κ2) is 15.0. The molecule has 5 heterocycles. The molecule has 0 bridgehead atoms. The van der Waals surface area contributed by atoms with E-state index in [9.17, 15) is 0 Å². The molecule has 7 aliphatic rings. The van der Waals surface area contributed by atoms with Crippen LogP contribution in [0.3, 0.4) is 0 Å². The van der Waals surface area contributed by atoms with E-state index in [1.165, 1.54) is 106 Å². The van der Waals surface area contributed by atoms with Crippen molar-refractivity contribution < 1.29 is 4.74 Å². The maximum atomic E-state index is 7.12. The molecule has 0 radical (unpaired) electrons. The number of rotatable bonds is 5. The van der Waals surface area contributed by atoms with Crippen LogP contribution in [-0.2, 0) is 5.41 Å². The molecular weight excluding hydrogens is 832 g/mol. The second-order valence-electron chi connectivity index (χ2n) is 23.1. The summed E-state index contributed by atoms with van der Waals surface area (Å²) in [6.07, 6.45) is 25.0. The Bertz CT molecular complexity index is 3340. The van der Waals surface area contributed by atoms with Crippen molar-refractivity contribution in [1.82, 2.24) is 4.57 Å². The Hall–Kier alpha value is -5.52. The van der Waals surface area contributed by atoms with Crippen molar-refractivity contribution in [1.29, 1.82) is 0 Å². The molecule has 2 aromatic heterocycles. The summed E-state index contributed by atoms with van der Waals surface area (Å²) >= 11 is 1.97. The van der Waals surface area contributed by atoms with Crippen LogP contribution in [0, 0.1) is 17.3 Å². The van der Waals surface area contributed by atoms with E-state index in [2.05, 4.69) is 186 Å². The number of hydrogen-bond acceptors (Lipinski definition) is 3. The van der Waals surface area contributed by atoms with Gasteiger partial charge in [-0.2, -0.15) is 0 Å². The van der Waals surface area contributed by atoms with Gasteiger partial charge in [0.2, 0.25) is 6.71 Å². The van der Waals surface area contributed by atoms with Gasteiger partial charge in [-0.25, -0.2) is 0 Å². The Morgan fingerprint density at radius 1 is 0.866 bits per heavy atom. The number of benzene rings is 4. The van der Waals surface area contributed by atoms with Crippen molar-refractivity contribution in [2.45, 2.75) is 124 Å². The molecule has 0 spiro atoms. The summed E-state index contributed by atoms with van der Waals surface area (Å²) in [5, 5.41) is 4.19. The smallest absolute Gasteiger partial charge is 0.247 e. The normalized spacial score (nSPS) is 23.6. The third kappa shape index (κ3) is 6.28. The first-order valence-electron chi connectivity index (χ1n) is 25.4. The molecule has 5 heteroatoms. The third-order valence-corrected chi connectivity index (χ3v) is 18.3. The Morgan fingerprint density at radius 3 is 2.52 bits per heavy atom. The second-order valence-corrected chi connectivity index (χ2v) is 24.1. The minimum Gasteiger partial charge on any atom is -0.459 e. The molecular formula is C62H63BN2OS. The van der Waals surface area contributed by atoms with E-state index in [0.29, 0.717) is 17.8 Å². The lowest BCUT2D eigenvalue weighted by Crippen LogP contribution is -2.61. The zero-order valence-electron chi connectivity index (χ0n) is 40.7. The number of ether oxygens (including phenoxy) is 1. The van der Waals surface area contributed by atoms with Crippen molar-refractivity contribution in [2.24, 2.45) is 17.3 Å². The largest absolute Gasteiger partial charge is 0.459 e. The van der Waals surface area contributed by atoms with Crippen LogP contribution in [0.25, 0.3) is 36.9 Å². The molecule has 4 aromatic carbocycles. The van der Waals surface area contributed by atoms with Crippen molar-refractivity contribution in [2.75, 3.05) is 4.90 Å². The van der Waals surface area contributed by atoms with Crippen molar-refractivity contribution in [3.8, 4) is 5.75 Å². The topological polar surface area (TPSA) is 17.4 Å². The quantitative estimate of drug-likeness (QED) is 0.127. The summed E-state index contributed by atoms with van der Waals surface area (Å²) in [6, 6.07) is 31.1. The first kappa shape index (κ1) is 41.7. The van der Waals surface area contributed by atoms with Gasteiger partial charge in [0.1, 0.15) is 16.3 Å². The van der Waals surface area contributed by atoms with E-state index in [1.807, 2.05) is 11.3 Å². The molecule has 67 heavy (non-hydrogen) atoms. The molecule has 5 atom stereocenters. The van der Waals surface area contributed by atoms with Crippen LogP contribution in [0.1, 0.15) is 129 Å². The molecule has 4 aliphatic carbocycles. The summed E-state index contributed by atoms with van der Waals surface area (Å²) < 4.78 is 11.2. The number of aromatic nitrogens is 1. The lowest BCUT2D eigenvalue weighted by atomic mass is 9.31. The number of fused-ring (bicyclic) bond motifs is 12. The Morgan fingerprint density at radius 2 is 1.70 bits per heavy atom. The molecule has 0 fully saturated rings. The minimum atomic E-state index is -0.0276. The minimum absolute atomic E-state index is 0.0264. The third-order valence-electron chi connectivity index (χ3n) is 17.1. The Kier molecular flexibility index (Phi) is 9.32. The summed E-state index contributed by atoms with van der Waals surface area (Å²) in [4.78, 5) is 4.19. The number of para-hydroxylation sites is 1. The average molecular weight is 895 g/mol. The van der Waals surface area contributed by atoms with Gasteiger partial charge in [-0.05, 0) is 144 Å². The van der Waals surface area contributed by atoms with Crippen molar-refractivity contribution >= 4 is 71.6 Å². The summed E-state index contributed by atoms with van der Waals surface area (Å²) in [7, 11) is 0. The van der Waals surface area contributed by atoms with Gasteiger partial charge in [0.05, 0.1) is 23.2 Å². The fourth-order valence-electron chi connectivity index (χ4n) is 13.5. The van der Waals surface area contributed by atoms with Crippen LogP contribution in [0.15, 0.2) is 155 Å². The van der Waals surface area contributed by atoms with Crippen molar-refractivity contribution in [3.63, 3.8) is 0 Å². The fourth-order valence-corrected chi connectivity index (χ4v) is 14.7. The lowest BCUT2D eigenvalue weighted by molar-refractivity contribution is 0.409. The average Bonchev–Trinajstić information content (AvgIpc) is 3.99. The molecule has 6 aromatic rings. The van der Waals surface area contributed by atoms with Gasteiger partial charge in [0.25, 0.3) is 0 Å². The van der Waals surface area contributed by atoms with Crippen LogP contribution in [0.2, 0.25) is 0 Å². The van der Waals surface area contributed by atoms with Crippen molar-refractivity contribution in [3.05, 3.63) is 172 Å². The number of nitrogens with zero attached hydrogens (tertiary/aromatic N) is 2. The molecule has 3 aliphatic heterocycles. The van der Waals surface area contributed by atoms with E-state index in [4.69, 9.17) is 4.74 Å². The van der Waals surface area contributed by atoms with Gasteiger partial charge in [-0.1, -0.05) is 150 Å². The van der Waals surface area contributed by atoms with Gasteiger partial charge in [0, 0.05) is 37.8 Å². The summed E-state index contributed by atoms with van der Waals surface area (Å²) in [6.45, 7) is 19.5.